The lowest BCUT2D eigenvalue weighted by Crippen LogP contribution is -2.40. The topological polar surface area (TPSA) is 49.8 Å². The van der Waals surface area contributed by atoms with Crippen molar-refractivity contribution in [2.45, 2.75) is 86.7 Å². The summed E-state index contributed by atoms with van der Waals surface area (Å²) < 4.78 is 6.26. The summed E-state index contributed by atoms with van der Waals surface area (Å²) in [5.41, 5.74) is 8.55. The van der Waals surface area contributed by atoms with Crippen LogP contribution < -0.4 is 0 Å². The minimum atomic E-state index is -0.754. The number of carbonyl (C=O) groups is 1. The molecule has 0 aliphatic rings. The van der Waals surface area contributed by atoms with Crippen molar-refractivity contribution in [2.24, 2.45) is 11.8 Å². The van der Waals surface area contributed by atoms with Crippen molar-refractivity contribution in [2.75, 3.05) is 0 Å². The molecule has 0 heterocycles. The highest BCUT2D eigenvalue weighted by Crippen LogP contribution is 2.31. The van der Waals surface area contributed by atoms with Crippen LogP contribution in [0.4, 0.5) is 0 Å². The summed E-state index contributed by atoms with van der Waals surface area (Å²) >= 11 is 0. The first kappa shape index (κ1) is 29.6. The van der Waals surface area contributed by atoms with E-state index < -0.39 is 18.1 Å². The third-order valence-corrected chi connectivity index (χ3v) is 7.79. The molecular weight excluding hydrogens is 470 g/mol. The van der Waals surface area contributed by atoms with Gasteiger partial charge in [-0.3, -0.25) is 9.69 Å². The fourth-order valence-corrected chi connectivity index (χ4v) is 5.24. The SMILES string of the molecule is Cc1cc(C)c(CN(Cc2ccccc2C)[C@@H](C)[C@H](OC(=O)[C@@H](C)[C@H](O)C(C)C)c2ccccc2)c(C)c1. The lowest BCUT2D eigenvalue weighted by Gasteiger charge is -2.36. The maximum absolute atomic E-state index is 13.3. The minimum Gasteiger partial charge on any atom is -0.456 e. The monoisotopic (exact) mass is 515 g/mol. The van der Waals surface area contributed by atoms with Gasteiger partial charge < -0.3 is 9.84 Å². The number of aliphatic hydroxyl groups is 1. The summed E-state index contributed by atoms with van der Waals surface area (Å²) in [6.07, 6.45) is -1.24. The maximum atomic E-state index is 13.3. The molecule has 0 saturated heterocycles. The van der Waals surface area contributed by atoms with Crippen molar-refractivity contribution in [3.8, 4) is 0 Å². The zero-order valence-electron chi connectivity index (χ0n) is 24.4. The number of rotatable bonds is 11. The molecule has 0 aliphatic carbocycles. The fourth-order valence-electron chi connectivity index (χ4n) is 5.24. The van der Waals surface area contributed by atoms with Crippen molar-refractivity contribution < 1.29 is 14.6 Å². The molecule has 4 atom stereocenters. The highest BCUT2D eigenvalue weighted by molar-refractivity contribution is 5.73. The molecule has 1 N–H and O–H groups in total. The van der Waals surface area contributed by atoms with Gasteiger partial charge in [-0.05, 0) is 80.8 Å². The molecule has 3 aromatic carbocycles. The van der Waals surface area contributed by atoms with Crippen LogP contribution in [0.2, 0.25) is 0 Å². The molecule has 0 fully saturated rings. The second-order valence-corrected chi connectivity index (χ2v) is 11.2. The Kier molecular flexibility index (Phi) is 10.3. The average Bonchev–Trinajstić information content (AvgIpc) is 2.88. The van der Waals surface area contributed by atoms with Crippen molar-refractivity contribution >= 4 is 5.97 Å². The zero-order valence-corrected chi connectivity index (χ0v) is 24.4. The van der Waals surface area contributed by atoms with E-state index in [-0.39, 0.29) is 17.9 Å². The Hall–Kier alpha value is -2.95. The normalized spacial score (nSPS) is 14.8. The average molecular weight is 516 g/mol. The van der Waals surface area contributed by atoms with Gasteiger partial charge in [0.25, 0.3) is 0 Å². The molecule has 4 heteroatoms. The van der Waals surface area contributed by atoms with E-state index >= 15 is 0 Å². The molecule has 38 heavy (non-hydrogen) atoms. The van der Waals surface area contributed by atoms with E-state index in [4.69, 9.17) is 4.74 Å². The number of aliphatic hydroxyl groups excluding tert-OH is 1. The summed E-state index contributed by atoms with van der Waals surface area (Å²) in [5.74, 6) is -1.01. The Morgan fingerprint density at radius 1 is 0.816 bits per heavy atom. The molecule has 0 spiro atoms. The third kappa shape index (κ3) is 7.33. The smallest absolute Gasteiger partial charge is 0.311 e. The van der Waals surface area contributed by atoms with Crippen LogP contribution in [0.25, 0.3) is 0 Å². The van der Waals surface area contributed by atoms with Gasteiger partial charge in [-0.1, -0.05) is 86.1 Å². The third-order valence-electron chi connectivity index (χ3n) is 7.79. The van der Waals surface area contributed by atoms with Crippen LogP contribution in [-0.2, 0) is 22.6 Å². The Bertz CT molecular complexity index is 1180. The van der Waals surface area contributed by atoms with Crippen molar-refractivity contribution in [1.82, 2.24) is 4.90 Å². The molecule has 4 nitrogen and oxygen atoms in total. The van der Waals surface area contributed by atoms with Crippen LogP contribution in [0.5, 0.6) is 0 Å². The molecule has 204 valence electrons. The van der Waals surface area contributed by atoms with Crippen LogP contribution in [-0.4, -0.2) is 28.1 Å². The number of aryl methyl sites for hydroxylation is 4. The number of hydrogen-bond acceptors (Lipinski definition) is 4. The van der Waals surface area contributed by atoms with Gasteiger partial charge in [0.05, 0.1) is 12.0 Å². The van der Waals surface area contributed by atoms with Crippen LogP contribution in [0.15, 0.2) is 66.7 Å². The molecule has 0 aromatic heterocycles. The van der Waals surface area contributed by atoms with E-state index in [0.29, 0.717) is 0 Å². The Morgan fingerprint density at radius 2 is 1.39 bits per heavy atom. The van der Waals surface area contributed by atoms with E-state index in [9.17, 15) is 9.90 Å². The number of carbonyl (C=O) groups excluding carboxylic acids is 1. The molecular formula is C34H45NO3. The number of esters is 1. The number of nitrogens with zero attached hydrogens (tertiary/aromatic N) is 1. The second-order valence-electron chi connectivity index (χ2n) is 11.2. The predicted molar refractivity (Wildman–Crippen MR) is 156 cm³/mol. The molecule has 0 bridgehead atoms. The number of ether oxygens (including phenoxy) is 1. The predicted octanol–water partition coefficient (Wildman–Crippen LogP) is 7.25. The van der Waals surface area contributed by atoms with E-state index in [1.165, 1.54) is 33.4 Å². The zero-order chi connectivity index (χ0) is 28.0. The summed E-state index contributed by atoms with van der Waals surface area (Å²) in [6.45, 7) is 17.8. The summed E-state index contributed by atoms with van der Waals surface area (Å²) in [5, 5.41) is 10.6. The summed E-state index contributed by atoms with van der Waals surface area (Å²) in [7, 11) is 0. The van der Waals surface area contributed by atoms with E-state index in [1.54, 1.807) is 6.92 Å². The molecule has 0 amide bonds. The largest absolute Gasteiger partial charge is 0.456 e. The van der Waals surface area contributed by atoms with Gasteiger partial charge in [0.1, 0.15) is 6.10 Å². The highest BCUT2D eigenvalue weighted by Gasteiger charge is 2.33. The second kappa shape index (κ2) is 13.2. The first-order valence-corrected chi connectivity index (χ1v) is 13.8. The standard InChI is InChI=1S/C34H45NO3/c1-22(2)32(36)27(7)34(37)38-33(29-15-10-9-11-16-29)28(8)35(20-30-17-13-12-14-24(30)4)21-31-25(5)18-23(3)19-26(31)6/h9-19,22,27-28,32-33,36H,20-21H2,1-8H3/t27-,28-,32+,33-/m0/s1. The number of hydrogen-bond donors (Lipinski definition) is 1. The van der Waals surface area contributed by atoms with Crippen molar-refractivity contribution in [3.63, 3.8) is 0 Å². The maximum Gasteiger partial charge on any atom is 0.311 e. The molecule has 0 aliphatic heterocycles. The van der Waals surface area contributed by atoms with Crippen LogP contribution in [0.3, 0.4) is 0 Å². The van der Waals surface area contributed by atoms with Crippen LogP contribution in [0, 0.1) is 39.5 Å². The fraction of sp³-hybridized carbons (Fsp3) is 0.441. The van der Waals surface area contributed by atoms with Gasteiger partial charge in [-0.2, -0.15) is 0 Å². The van der Waals surface area contributed by atoms with Crippen molar-refractivity contribution in [1.29, 1.82) is 0 Å². The van der Waals surface area contributed by atoms with E-state index in [1.807, 2.05) is 44.2 Å². The molecule has 0 saturated carbocycles. The minimum absolute atomic E-state index is 0.0322. The van der Waals surface area contributed by atoms with Gasteiger partial charge in [-0.15, -0.1) is 0 Å². The first-order valence-electron chi connectivity index (χ1n) is 13.8. The molecule has 0 unspecified atom stereocenters. The lowest BCUT2D eigenvalue weighted by molar-refractivity contribution is -0.162. The van der Waals surface area contributed by atoms with Crippen molar-refractivity contribution in [3.05, 3.63) is 106 Å². The van der Waals surface area contributed by atoms with Gasteiger partial charge in [0, 0.05) is 19.1 Å². The highest BCUT2D eigenvalue weighted by atomic mass is 16.5. The summed E-state index contributed by atoms with van der Waals surface area (Å²) in [4.78, 5) is 15.7. The van der Waals surface area contributed by atoms with Gasteiger partial charge in [0.15, 0.2) is 0 Å². The van der Waals surface area contributed by atoms with Gasteiger partial charge >= 0.3 is 5.97 Å². The Morgan fingerprint density at radius 3 is 1.97 bits per heavy atom. The summed E-state index contributed by atoms with van der Waals surface area (Å²) in [6, 6.07) is 22.8. The Labute approximate surface area is 229 Å². The Balaban J connectivity index is 2.02. The van der Waals surface area contributed by atoms with Crippen LogP contribution in [0.1, 0.15) is 72.7 Å². The molecule has 3 rings (SSSR count). The molecule has 3 aromatic rings. The lowest BCUT2D eigenvalue weighted by atomic mass is 9.94. The van der Waals surface area contributed by atoms with Crippen LogP contribution >= 0.6 is 0 Å². The quantitative estimate of drug-likeness (QED) is 0.273. The van der Waals surface area contributed by atoms with Gasteiger partial charge in [0.2, 0.25) is 0 Å². The van der Waals surface area contributed by atoms with Gasteiger partial charge in [-0.25, -0.2) is 0 Å². The van der Waals surface area contributed by atoms with E-state index in [0.717, 1.165) is 18.7 Å². The number of benzene rings is 3. The molecule has 0 radical (unpaired) electrons. The van der Waals surface area contributed by atoms with E-state index in [2.05, 4.69) is 75.9 Å². The first-order chi connectivity index (χ1) is 18.0.